The van der Waals surface area contributed by atoms with Crippen molar-refractivity contribution in [2.24, 2.45) is 0 Å². The van der Waals surface area contributed by atoms with Crippen LogP contribution in [0.1, 0.15) is 41.6 Å². The summed E-state index contributed by atoms with van der Waals surface area (Å²) in [7, 11) is 0. The summed E-state index contributed by atoms with van der Waals surface area (Å²) in [6, 6.07) is 5.41. The maximum Gasteiger partial charge on any atom is 0.335 e. The van der Waals surface area contributed by atoms with Crippen molar-refractivity contribution in [3.05, 3.63) is 29.3 Å². The van der Waals surface area contributed by atoms with Crippen LogP contribution >= 0.6 is 0 Å². The fourth-order valence-corrected chi connectivity index (χ4v) is 2.58. The Balaban J connectivity index is 1.92. The van der Waals surface area contributed by atoms with Gasteiger partial charge in [-0.1, -0.05) is 18.9 Å². The molecule has 0 radical (unpaired) electrons. The van der Waals surface area contributed by atoms with Gasteiger partial charge in [0.1, 0.15) is 0 Å². The van der Waals surface area contributed by atoms with Gasteiger partial charge in [-0.25, -0.2) is 4.79 Å². The first-order valence-corrected chi connectivity index (χ1v) is 6.94. The summed E-state index contributed by atoms with van der Waals surface area (Å²) < 4.78 is 0. The Bertz CT molecular complexity index is 445. The molecule has 0 aliphatic carbocycles. The number of benzene rings is 1. The molecule has 0 amide bonds. The first-order valence-electron chi connectivity index (χ1n) is 6.94. The van der Waals surface area contributed by atoms with Gasteiger partial charge in [0.15, 0.2) is 0 Å². The lowest BCUT2D eigenvalue weighted by molar-refractivity contribution is 0.0697. The lowest BCUT2D eigenvalue weighted by atomic mass is 10.1. The molecule has 0 unspecified atom stereocenters. The van der Waals surface area contributed by atoms with E-state index in [2.05, 4.69) is 4.90 Å². The lowest BCUT2D eigenvalue weighted by Gasteiger charge is -2.19. The van der Waals surface area contributed by atoms with Gasteiger partial charge < -0.3 is 15.1 Å². The highest BCUT2D eigenvalue weighted by Gasteiger charge is 2.19. The number of anilines is 1. The zero-order chi connectivity index (χ0) is 13.7. The summed E-state index contributed by atoms with van der Waals surface area (Å²) >= 11 is 0. The first-order chi connectivity index (χ1) is 9.22. The summed E-state index contributed by atoms with van der Waals surface area (Å²) in [6.07, 6.45) is 5.15. The Hall–Kier alpha value is -1.55. The summed E-state index contributed by atoms with van der Waals surface area (Å²) in [5, 5.41) is 17.8. The fourth-order valence-electron chi connectivity index (χ4n) is 2.58. The van der Waals surface area contributed by atoms with Crippen molar-refractivity contribution in [2.75, 3.05) is 24.6 Å². The molecular formula is C15H21NO3. The Morgan fingerprint density at radius 1 is 1.21 bits per heavy atom. The molecule has 4 nitrogen and oxygen atoms in total. The van der Waals surface area contributed by atoms with E-state index in [-0.39, 0.29) is 6.61 Å². The number of nitrogens with zero attached hydrogens (tertiary/aromatic N) is 1. The molecule has 0 aromatic heterocycles. The summed E-state index contributed by atoms with van der Waals surface area (Å²) in [5.74, 6) is -0.863. The average molecular weight is 263 g/mol. The maximum atomic E-state index is 11.0. The molecular weight excluding hydrogens is 242 g/mol. The van der Waals surface area contributed by atoms with Crippen LogP contribution in [-0.4, -0.2) is 35.9 Å². The van der Waals surface area contributed by atoms with Crippen molar-refractivity contribution in [1.29, 1.82) is 0 Å². The van der Waals surface area contributed by atoms with E-state index in [1.165, 1.54) is 5.56 Å². The van der Waals surface area contributed by atoms with E-state index in [0.717, 1.165) is 50.9 Å². The lowest BCUT2D eigenvalue weighted by Crippen LogP contribution is -2.21. The Morgan fingerprint density at radius 3 is 2.74 bits per heavy atom. The standard InChI is InChI=1S/C15H21NO3/c17-10-4-2-1-3-8-16-9-7-12-5-6-13(15(18)19)11-14(12)16/h5-6,11,17H,1-4,7-10H2,(H,18,19). The Labute approximate surface area is 113 Å². The topological polar surface area (TPSA) is 60.8 Å². The van der Waals surface area contributed by atoms with E-state index in [1.807, 2.05) is 6.07 Å². The number of carboxylic acids is 1. The predicted octanol–water partition coefficient (Wildman–Crippen LogP) is 2.30. The van der Waals surface area contributed by atoms with Gasteiger partial charge in [0.25, 0.3) is 0 Å². The molecule has 0 saturated heterocycles. The van der Waals surface area contributed by atoms with Gasteiger partial charge in [0.2, 0.25) is 0 Å². The number of aliphatic hydroxyl groups excluding tert-OH is 1. The third kappa shape index (κ3) is 3.47. The molecule has 2 rings (SSSR count). The molecule has 0 atom stereocenters. The van der Waals surface area contributed by atoms with Crippen LogP contribution in [-0.2, 0) is 6.42 Å². The highest BCUT2D eigenvalue weighted by Crippen LogP contribution is 2.29. The van der Waals surface area contributed by atoms with E-state index in [0.29, 0.717) is 5.56 Å². The van der Waals surface area contributed by atoms with Crippen LogP contribution in [0, 0.1) is 0 Å². The second kappa shape index (κ2) is 6.57. The molecule has 4 heteroatoms. The quantitative estimate of drug-likeness (QED) is 0.741. The van der Waals surface area contributed by atoms with E-state index in [4.69, 9.17) is 10.2 Å². The molecule has 0 spiro atoms. The highest BCUT2D eigenvalue weighted by molar-refractivity contribution is 5.89. The molecule has 1 heterocycles. The van der Waals surface area contributed by atoms with Gasteiger partial charge in [-0.2, -0.15) is 0 Å². The first kappa shape index (κ1) is 13.9. The third-order valence-electron chi connectivity index (χ3n) is 3.66. The van der Waals surface area contributed by atoms with Crippen LogP contribution in [0.15, 0.2) is 18.2 Å². The molecule has 0 fully saturated rings. The number of carbonyl (C=O) groups is 1. The average Bonchev–Trinajstić information content (AvgIpc) is 2.81. The SMILES string of the molecule is O=C(O)c1ccc2c(c1)N(CCCCCCO)CC2. The van der Waals surface area contributed by atoms with E-state index in [9.17, 15) is 4.79 Å². The second-order valence-electron chi connectivity index (χ2n) is 5.02. The number of fused-ring (bicyclic) bond motifs is 1. The minimum atomic E-state index is -0.863. The van der Waals surface area contributed by atoms with Crippen LogP contribution in [0.25, 0.3) is 0 Å². The van der Waals surface area contributed by atoms with Crippen molar-refractivity contribution in [1.82, 2.24) is 0 Å². The van der Waals surface area contributed by atoms with Crippen LogP contribution in [0.5, 0.6) is 0 Å². The number of unbranched alkanes of at least 4 members (excludes halogenated alkanes) is 3. The van der Waals surface area contributed by atoms with E-state index < -0.39 is 5.97 Å². The van der Waals surface area contributed by atoms with Gasteiger partial charge in [-0.15, -0.1) is 0 Å². The summed E-state index contributed by atoms with van der Waals surface area (Å²) in [4.78, 5) is 13.3. The van der Waals surface area contributed by atoms with E-state index in [1.54, 1.807) is 12.1 Å². The molecule has 1 aromatic carbocycles. The summed E-state index contributed by atoms with van der Waals surface area (Å²) in [6.45, 7) is 2.23. The van der Waals surface area contributed by atoms with Crippen LogP contribution in [0.2, 0.25) is 0 Å². The molecule has 2 N–H and O–H groups in total. The van der Waals surface area contributed by atoms with Crippen LogP contribution in [0.4, 0.5) is 5.69 Å². The Kier molecular flexibility index (Phi) is 4.80. The highest BCUT2D eigenvalue weighted by atomic mass is 16.4. The van der Waals surface area contributed by atoms with Crippen molar-refractivity contribution in [3.63, 3.8) is 0 Å². The Morgan fingerprint density at radius 2 is 2.00 bits per heavy atom. The minimum Gasteiger partial charge on any atom is -0.478 e. The molecule has 1 aliphatic heterocycles. The van der Waals surface area contributed by atoms with Crippen molar-refractivity contribution < 1.29 is 15.0 Å². The fraction of sp³-hybridized carbons (Fsp3) is 0.533. The van der Waals surface area contributed by atoms with Gasteiger partial charge in [-0.3, -0.25) is 0 Å². The number of hydrogen-bond acceptors (Lipinski definition) is 3. The monoisotopic (exact) mass is 263 g/mol. The third-order valence-corrected chi connectivity index (χ3v) is 3.66. The molecule has 1 aliphatic rings. The zero-order valence-corrected chi connectivity index (χ0v) is 11.1. The number of hydrogen-bond donors (Lipinski definition) is 2. The molecule has 0 bridgehead atoms. The van der Waals surface area contributed by atoms with Crippen LogP contribution < -0.4 is 4.90 Å². The summed E-state index contributed by atoms with van der Waals surface area (Å²) in [5.41, 5.74) is 2.70. The molecule has 1 aromatic rings. The number of rotatable bonds is 7. The van der Waals surface area contributed by atoms with Crippen molar-refractivity contribution in [2.45, 2.75) is 32.1 Å². The van der Waals surface area contributed by atoms with Crippen LogP contribution in [0.3, 0.4) is 0 Å². The largest absolute Gasteiger partial charge is 0.478 e. The zero-order valence-electron chi connectivity index (χ0n) is 11.1. The molecule has 104 valence electrons. The minimum absolute atomic E-state index is 0.272. The second-order valence-corrected chi connectivity index (χ2v) is 5.02. The van der Waals surface area contributed by atoms with Gasteiger partial charge in [0.05, 0.1) is 5.56 Å². The van der Waals surface area contributed by atoms with Gasteiger partial charge >= 0.3 is 5.97 Å². The van der Waals surface area contributed by atoms with E-state index >= 15 is 0 Å². The molecule has 0 saturated carbocycles. The van der Waals surface area contributed by atoms with Gasteiger partial charge in [-0.05, 0) is 37.0 Å². The number of aliphatic hydroxyl groups is 1. The number of carboxylic acid groups (broad SMARTS) is 1. The number of aromatic carboxylic acids is 1. The normalized spacial score (nSPS) is 13.6. The van der Waals surface area contributed by atoms with Gasteiger partial charge in [0, 0.05) is 25.4 Å². The smallest absolute Gasteiger partial charge is 0.335 e. The molecule has 19 heavy (non-hydrogen) atoms. The maximum absolute atomic E-state index is 11.0. The van der Waals surface area contributed by atoms with Crippen molar-refractivity contribution >= 4 is 11.7 Å². The predicted molar refractivity (Wildman–Crippen MR) is 74.9 cm³/mol. The van der Waals surface area contributed by atoms with Crippen molar-refractivity contribution in [3.8, 4) is 0 Å².